The smallest absolute Gasteiger partial charge is 0.293 e. The van der Waals surface area contributed by atoms with Gasteiger partial charge in [-0.2, -0.15) is 0 Å². The lowest BCUT2D eigenvalue weighted by Crippen LogP contribution is -2.39. The number of benzene rings is 1. The van der Waals surface area contributed by atoms with Crippen molar-refractivity contribution < 1.29 is 14.4 Å². The number of pyridine rings is 1. The van der Waals surface area contributed by atoms with E-state index >= 15 is 0 Å². The van der Waals surface area contributed by atoms with Crippen LogP contribution in [0.4, 0.5) is 4.79 Å². The molecule has 29 heavy (non-hydrogen) atoms. The van der Waals surface area contributed by atoms with Gasteiger partial charge in [-0.15, -0.1) is 0 Å². The molecule has 1 aromatic heterocycles. The van der Waals surface area contributed by atoms with Gasteiger partial charge in [-0.1, -0.05) is 35.3 Å². The predicted molar refractivity (Wildman–Crippen MR) is 113 cm³/mol. The van der Waals surface area contributed by atoms with Gasteiger partial charge in [-0.05, 0) is 41.6 Å². The van der Waals surface area contributed by atoms with Gasteiger partial charge in [0.2, 0.25) is 5.91 Å². The second-order valence-corrected chi connectivity index (χ2v) is 7.85. The molecule has 0 unspecified atom stereocenters. The van der Waals surface area contributed by atoms with Gasteiger partial charge < -0.3 is 9.88 Å². The Labute approximate surface area is 180 Å². The van der Waals surface area contributed by atoms with Crippen LogP contribution in [-0.2, 0) is 16.1 Å². The van der Waals surface area contributed by atoms with Crippen LogP contribution in [0.2, 0.25) is 10.0 Å². The topological polar surface area (TPSA) is 88.5 Å². The number of nitrogens with zero attached hydrogens (tertiary/aromatic N) is 2. The van der Waals surface area contributed by atoms with Crippen LogP contribution < -0.4 is 10.9 Å². The van der Waals surface area contributed by atoms with Crippen LogP contribution in [0.25, 0.3) is 6.08 Å². The summed E-state index contributed by atoms with van der Waals surface area (Å²) in [6.45, 7) is -0.0459. The SMILES string of the molecule is O=C(Cn1ccccc1=O)NCCN1C(=O)S/C(=C/c2ccc(Cl)cc2Cl)C1=O. The Kier molecular flexibility index (Phi) is 6.79. The molecule has 2 aromatic rings. The van der Waals surface area contributed by atoms with E-state index in [2.05, 4.69) is 5.32 Å². The number of hydrogen-bond acceptors (Lipinski definition) is 5. The second-order valence-electron chi connectivity index (χ2n) is 6.02. The van der Waals surface area contributed by atoms with Crippen molar-refractivity contribution in [1.82, 2.24) is 14.8 Å². The molecular weight excluding hydrogens is 437 g/mol. The summed E-state index contributed by atoms with van der Waals surface area (Å²) in [5.74, 6) is -0.853. The highest BCUT2D eigenvalue weighted by Crippen LogP contribution is 2.33. The summed E-state index contributed by atoms with van der Waals surface area (Å²) in [5, 5.41) is 3.00. The van der Waals surface area contributed by atoms with Crippen molar-refractivity contribution in [3.63, 3.8) is 0 Å². The third kappa shape index (κ3) is 5.29. The molecule has 1 saturated heterocycles. The van der Waals surface area contributed by atoms with E-state index in [1.807, 2.05) is 0 Å². The first-order valence-electron chi connectivity index (χ1n) is 8.48. The molecule has 1 aliphatic rings. The molecule has 2 heterocycles. The quantitative estimate of drug-likeness (QED) is 0.681. The molecule has 0 aliphatic carbocycles. The van der Waals surface area contributed by atoms with Gasteiger partial charge in [0.05, 0.1) is 4.91 Å². The number of thioether (sulfide) groups is 1. The first-order valence-corrected chi connectivity index (χ1v) is 10.0. The van der Waals surface area contributed by atoms with Crippen LogP contribution in [0.15, 0.2) is 52.3 Å². The molecule has 0 atom stereocenters. The molecule has 0 radical (unpaired) electrons. The zero-order chi connectivity index (χ0) is 21.0. The summed E-state index contributed by atoms with van der Waals surface area (Å²) in [6.07, 6.45) is 3.04. The summed E-state index contributed by atoms with van der Waals surface area (Å²) in [6, 6.07) is 9.43. The lowest BCUT2D eigenvalue weighted by atomic mass is 10.2. The highest BCUT2D eigenvalue weighted by molar-refractivity contribution is 8.18. The minimum Gasteiger partial charge on any atom is -0.353 e. The molecule has 0 saturated carbocycles. The standard InChI is InChI=1S/C19H15Cl2N3O4S/c20-13-5-4-12(14(21)10-13)9-15-18(27)24(19(28)29-15)8-6-22-16(25)11-23-7-2-1-3-17(23)26/h1-5,7,9-10H,6,8,11H2,(H,22,25)/b15-9+. The Morgan fingerprint density at radius 1 is 1.14 bits per heavy atom. The van der Waals surface area contributed by atoms with Gasteiger partial charge in [-0.25, -0.2) is 0 Å². The van der Waals surface area contributed by atoms with Crippen molar-refractivity contribution in [2.75, 3.05) is 13.1 Å². The maximum absolute atomic E-state index is 12.5. The Bertz CT molecular complexity index is 1070. The lowest BCUT2D eigenvalue weighted by molar-refractivity contribution is -0.124. The molecule has 1 N–H and O–H groups in total. The van der Waals surface area contributed by atoms with Crippen LogP contribution in [-0.4, -0.2) is 39.6 Å². The first kappa shape index (κ1) is 21.2. The van der Waals surface area contributed by atoms with Gasteiger partial charge >= 0.3 is 0 Å². The van der Waals surface area contributed by atoms with E-state index in [-0.39, 0.29) is 30.1 Å². The average molecular weight is 452 g/mol. The molecule has 3 rings (SSSR count). The highest BCUT2D eigenvalue weighted by atomic mass is 35.5. The normalized spacial score (nSPS) is 15.2. The van der Waals surface area contributed by atoms with E-state index in [1.165, 1.54) is 22.9 Å². The molecule has 150 valence electrons. The Morgan fingerprint density at radius 2 is 1.93 bits per heavy atom. The van der Waals surface area contributed by atoms with Crippen molar-refractivity contribution in [3.8, 4) is 0 Å². The van der Waals surface area contributed by atoms with E-state index in [4.69, 9.17) is 23.2 Å². The fraction of sp³-hybridized carbons (Fsp3) is 0.158. The van der Waals surface area contributed by atoms with Crippen molar-refractivity contribution in [2.45, 2.75) is 6.54 Å². The van der Waals surface area contributed by atoms with E-state index in [0.29, 0.717) is 15.6 Å². The van der Waals surface area contributed by atoms with Crippen LogP contribution in [0.3, 0.4) is 0 Å². The minimum absolute atomic E-state index is 0.0196. The van der Waals surface area contributed by atoms with Gasteiger partial charge in [0.25, 0.3) is 16.7 Å². The summed E-state index contributed by atoms with van der Waals surface area (Å²) < 4.78 is 1.26. The van der Waals surface area contributed by atoms with Gasteiger partial charge in [0.1, 0.15) is 6.54 Å². The molecule has 3 amide bonds. The molecule has 0 spiro atoms. The highest BCUT2D eigenvalue weighted by Gasteiger charge is 2.34. The van der Waals surface area contributed by atoms with Crippen molar-refractivity contribution in [2.24, 2.45) is 0 Å². The monoisotopic (exact) mass is 451 g/mol. The molecule has 10 heteroatoms. The van der Waals surface area contributed by atoms with Crippen molar-refractivity contribution in [1.29, 1.82) is 0 Å². The van der Waals surface area contributed by atoms with Crippen LogP contribution >= 0.6 is 35.0 Å². The van der Waals surface area contributed by atoms with E-state index in [9.17, 15) is 19.2 Å². The maximum Gasteiger partial charge on any atom is 0.293 e. The zero-order valence-corrected chi connectivity index (χ0v) is 17.3. The molecule has 7 nitrogen and oxygen atoms in total. The van der Waals surface area contributed by atoms with Crippen LogP contribution in [0.1, 0.15) is 5.56 Å². The number of imide groups is 1. The lowest BCUT2D eigenvalue weighted by Gasteiger charge is -2.13. The van der Waals surface area contributed by atoms with Crippen molar-refractivity contribution >= 4 is 58.1 Å². The third-order valence-electron chi connectivity index (χ3n) is 3.99. The summed E-state index contributed by atoms with van der Waals surface area (Å²) in [4.78, 5) is 49.5. The van der Waals surface area contributed by atoms with E-state index < -0.39 is 17.1 Å². The predicted octanol–water partition coefficient (Wildman–Crippen LogP) is 3.01. The summed E-state index contributed by atoms with van der Waals surface area (Å²) in [5.41, 5.74) is 0.280. The average Bonchev–Trinajstić information content (AvgIpc) is 2.93. The van der Waals surface area contributed by atoms with Crippen molar-refractivity contribution in [3.05, 3.63) is 73.5 Å². The number of aromatic nitrogens is 1. The first-order chi connectivity index (χ1) is 13.8. The minimum atomic E-state index is -0.459. The number of rotatable bonds is 6. The summed E-state index contributed by atoms with van der Waals surface area (Å²) >= 11 is 12.8. The number of nitrogens with one attached hydrogen (secondary N) is 1. The molecular formula is C19H15Cl2N3O4S. The zero-order valence-electron chi connectivity index (χ0n) is 14.9. The number of amides is 3. The Morgan fingerprint density at radius 3 is 2.66 bits per heavy atom. The van der Waals surface area contributed by atoms with E-state index in [0.717, 1.165) is 16.7 Å². The molecule has 0 bridgehead atoms. The number of halogens is 2. The Balaban J connectivity index is 1.58. The fourth-order valence-electron chi connectivity index (χ4n) is 2.56. The largest absolute Gasteiger partial charge is 0.353 e. The van der Waals surface area contributed by atoms with Crippen LogP contribution in [0, 0.1) is 0 Å². The Hall–Kier alpha value is -2.55. The van der Waals surface area contributed by atoms with Gasteiger partial charge in [0.15, 0.2) is 0 Å². The van der Waals surface area contributed by atoms with Gasteiger partial charge in [-0.3, -0.25) is 24.1 Å². The van der Waals surface area contributed by atoms with E-state index in [1.54, 1.807) is 30.3 Å². The number of carbonyl (C=O) groups is 3. The summed E-state index contributed by atoms with van der Waals surface area (Å²) in [7, 11) is 0. The molecule has 1 aromatic carbocycles. The third-order valence-corrected chi connectivity index (χ3v) is 5.46. The molecule has 1 fully saturated rings. The number of hydrogen-bond donors (Lipinski definition) is 1. The molecule has 1 aliphatic heterocycles. The fourth-order valence-corrected chi connectivity index (χ4v) is 3.88. The second kappa shape index (κ2) is 9.30. The van der Waals surface area contributed by atoms with Crippen LogP contribution in [0.5, 0.6) is 0 Å². The maximum atomic E-state index is 12.5. The number of carbonyl (C=O) groups excluding carboxylic acids is 3. The van der Waals surface area contributed by atoms with Gasteiger partial charge in [0, 0.05) is 35.4 Å².